The van der Waals surface area contributed by atoms with E-state index >= 15 is 0 Å². The second kappa shape index (κ2) is 10.7. The van der Waals surface area contributed by atoms with Crippen molar-refractivity contribution in [3.05, 3.63) is 42.0 Å². The molecule has 1 heterocycles. The van der Waals surface area contributed by atoms with Gasteiger partial charge in [-0.3, -0.25) is 9.69 Å². The van der Waals surface area contributed by atoms with Gasteiger partial charge in [0, 0.05) is 81.9 Å². The number of nitrogens with zero attached hydrogens (tertiary/aromatic N) is 1. The molecular weight excluding hydrogens is 546 g/mol. The van der Waals surface area contributed by atoms with Gasteiger partial charge in [-0.15, -0.1) is 0 Å². The maximum absolute atomic E-state index is 13.9. The molecule has 6 aliphatic rings. The minimum Gasteiger partial charge on any atom is -0.462 e. The summed E-state index contributed by atoms with van der Waals surface area (Å²) < 4.78 is 31.8. The summed E-state index contributed by atoms with van der Waals surface area (Å²) in [5, 5.41) is 0. The van der Waals surface area contributed by atoms with Crippen molar-refractivity contribution in [3.63, 3.8) is 0 Å². The van der Waals surface area contributed by atoms with Crippen LogP contribution < -0.4 is 0 Å². The molecule has 234 valence electrons. The van der Waals surface area contributed by atoms with Crippen molar-refractivity contribution in [2.24, 2.45) is 40.4 Å². The third-order valence-corrected chi connectivity index (χ3v) is 12.9. The summed E-state index contributed by atoms with van der Waals surface area (Å²) in [6.45, 7) is 6.37. The highest BCUT2D eigenvalue weighted by atomic mass is 16.6. The van der Waals surface area contributed by atoms with Crippen LogP contribution in [-0.2, 0) is 33.3 Å². The number of methoxy groups -OCH3 is 3. The standard InChI is InChI=1S/C35H47NO7/c1-6-36-19-33(20-39-3)15-14-28(41-5)35-24-16-23-26(40-4)18-34(25(32(35)36)17-27(33)35,30(24)31(23)42-21(2)37)43-29(38)13-12-22-10-8-7-9-11-22/h7-13,23-28,30-32H,6,14-20H2,1-5H3/b13-12+/t23-,24-,25+,26+,27-,28+,30-,31+,32-,33+,34+,35-/m1/s1. The number of carbonyl (C=O) groups excluding carboxylic acids is 2. The van der Waals surface area contributed by atoms with E-state index in [1.54, 1.807) is 13.2 Å². The highest BCUT2D eigenvalue weighted by Gasteiger charge is 2.85. The lowest BCUT2D eigenvalue weighted by Crippen LogP contribution is -2.77. The van der Waals surface area contributed by atoms with Crippen LogP contribution in [0, 0.1) is 40.4 Å². The van der Waals surface area contributed by atoms with E-state index in [-0.39, 0.29) is 70.8 Å². The number of hydrogen-bond acceptors (Lipinski definition) is 8. The summed E-state index contributed by atoms with van der Waals surface area (Å²) >= 11 is 0. The first-order valence-corrected chi connectivity index (χ1v) is 16.2. The van der Waals surface area contributed by atoms with Crippen molar-refractivity contribution < 1.29 is 33.3 Å². The summed E-state index contributed by atoms with van der Waals surface area (Å²) in [5.74, 6) is -0.0854. The van der Waals surface area contributed by atoms with Crippen LogP contribution in [0.1, 0.15) is 51.5 Å². The van der Waals surface area contributed by atoms with Crippen LogP contribution in [0.2, 0.25) is 0 Å². The zero-order chi connectivity index (χ0) is 30.1. The van der Waals surface area contributed by atoms with Crippen LogP contribution in [0.3, 0.4) is 0 Å². The molecule has 1 saturated heterocycles. The number of likely N-dealkylation sites (tertiary alicyclic amines) is 1. The average molecular weight is 594 g/mol. The topological polar surface area (TPSA) is 83.5 Å². The van der Waals surface area contributed by atoms with Crippen molar-refractivity contribution in [1.29, 1.82) is 0 Å². The van der Waals surface area contributed by atoms with Crippen molar-refractivity contribution in [3.8, 4) is 0 Å². The Labute approximate surface area is 255 Å². The number of carbonyl (C=O) groups is 2. The van der Waals surface area contributed by atoms with E-state index in [0.717, 1.165) is 44.3 Å². The Hall–Kier alpha value is -2.26. The second-order valence-electron chi connectivity index (χ2n) is 14.2. The minimum absolute atomic E-state index is 0.0117. The molecular formula is C35H47NO7. The van der Waals surface area contributed by atoms with Crippen molar-refractivity contribution in [2.45, 2.75) is 75.9 Å². The summed E-state index contributed by atoms with van der Waals surface area (Å²) in [4.78, 5) is 29.2. The highest BCUT2D eigenvalue weighted by molar-refractivity contribution is 5.87. The van der Waals surface area contributed by atoms with Crippen molar-refractivity contribution in [2.75, 3.05) is 41.0 Å². The molecule has 7 rings (SSSR count). The van der Waals surface area contributed by atoms with Crippen LogP contribution in [-0.4, -0.2) is 87.8 Å². The molecule has 7 bridgehead atoms. The third kappa shape index (κ3) is 3.95. The first kappa shape index (κ1) is 29.5. The van der Waals surface area contributed by atoms with Gasteiger partial charge in [-0.05, 0) is 55.7 Å². The quantitative estimate of drug-likeness (QED) is 0.309. The second-order valence-corrected chi connectivity index (χ2v) is 14.2. The molecule has 0 unspecified atom stereocenters. The summed E-state index contributed by atoms with van der Waals surface area (Å²) in [7, 11) is 5.45. The van der Waals surface area contributed by atoms with Gasteiger partial charge in [0.2, 0.25) is 0 Å². The van der Waals surface area contributed by atoms with Crippen molar-refractivity contribution in [1.82, 2.24) is 4.90 Å². The zero-order valence-electron chi connectivity index (χ0n) is 26.2. The smallest absolute Gasteiger partial charge is 0.331 e. The predicted octanol–water partition coefficient (Wildman–Crippen LogP) is 4.37. The molecule has 5 saturated carbocycles. The molecule has 0 aromatic heterocycles. The monoisotopic (exact) mass is 593 g/mol. The van der Waals surface area contributed by atoms with Gasteiger partial charge in [0.1, 0.15) is 11.7 Å². The van der Waals surface area contributed by atoms with Gasteiger partial charge in [-0.2, -0.15) is 0 Å². The Bertz CT molecular complexity index is 1270. The number of fused-ring (bicyclic) bond motifs is 2. The maximum atomic E-state index is 13.9. The van der Waals surface area contributed by atoms with Gasteiger partial charge in [0.15, 0.2) is 0 Å². The van der Waals surface area contributed by atoms with E-state index < -0.39 is 5.60 Å². The van der Waals surface area contributed by atoms with Gasteiger partial charge in [-0.1, -0.05) is 37.3 Å². The molecule has 1 aromatic rings. The first-order valence-electron chi connectivity index (χ1n) is 16.2. The number of rotatable bonds is 9. The molecule has 12 atom stereocenters. The third-order valence-electron chi connectivity index (χ3n) is 12.9. The molecule has 43 heavy (non-hydrogen) atoms. The van der Waals surface area contributed by atoms with Crippen molar-refractivity contribution >= 4 is 18.0 Å². The largest absolute Gasteiger partial charge is 0.462 e. The van der Waals surface area contributed by atoms with Gasteiger partial charge in [0.25, 0.3) is 0 Å². The zero-order valence-corrected chi connectivity index (χ0v) is 26.2. The number of ether oxygens (including phenoxy) is 5. The highest BCUT2D eigenvalue weighted by Crippen LogP contribution is 2.80. The average Bonchev–Trinajstić information content (AvgIpc) is 3.44. The van der Waals surface area contributed by atoms with E-state index in [9.17, 15) is 9.59 Å². The number of piperidine rings is 1. The first-order chi connectivity index (χ1) is 20.8. The van der Waals surface area contributed by atoms with Gasteiger partial charge < -0.3 is 23.7 Å². The Morgan fingerprint density at radius 2 is 1.86 bits per heavy atom. The lowest BCUT2D eigenvalue weighted by atomic mass is 9.43. The molecule has 8 heteroatoms. The van der Waals surface area contributed by atoms with E-state index in [0.29, 0.717) is 18.9 Å². The van der Waals surface area contributed by atoms with Crippen LogP contribution in [0.15, 0.2) is 36.4 Å². The van der Waals surface area contributed by atoms with Gasteiger partial charge >= 0.3 is 11.9 Å². The van der Waals surface area contributed by atoms with Crippen LogP contribution >= 0.6 is 0 Å². The SMILES string of the molecule is CCN1C[C@]2(COC)CC[C@H](OC)[C@@]34[C@@H]5C[C@H]6[C@H](OC(C)=O)[C@@H]5[C@](OC(=O)/C=C/c5ccccc5)(C[C@@H]6OC)[C@@H](C[C@H]23)[C@@H]14. The summed E-state index contributed by atoms with van der Waals surface area (Å²) in [6.07, 6.45) is 7.43. The molecule has 5 aliphatic carbocycles. The molecule has 8 nitrogen and oxygen atoms in total. The lowest BCUT2D eigenvalue weighted by molar-refractivity contribution is -0.280. The molecule has 0 amide bonds. The molecule has 1 aromatic carbocycles. The van der Waals surface area contributed by atoms with E-state index in [1.165, 1.54) is 6.92 Å². The Morgan fingerprint density at radius 1 is 1.07 bits per heavy atom. The normalized spacial score (nSPS) is 45.7. The molecule has 1 spiro atoms. The molecule has 1 aliphatic heterocycles. The summed E-state index contributed by atoms with van der Waals surface area (Å²) in [5.41, 5.74) is -0.00128. The fraction of sp³-hybridized carbons (Fsp3) is 0.714. The van der Waals surface area contributed by atoms with E-state index in [2.05, 4.69) is 11.8 Å². The fourth-order valence-electron chi connectivity index (χ4n) is 12.1. The van der Waals surface area contributed by atoms with E-state index in [4.69, 9.17) is 23.7 Å². The van der Waals surface area contributed by atoms with Crippen LogP contribution in [0.4, 0.5) is 0 Å². The Balaban J connectivity index is 1.40. The maximum Gasteiger partial charge on any atom is 0.331 e. The Morgan fingerprint density at radius 3 is 2.53 bits per heavy atom. The van der Waals surface area contributed by atoms with Gasteiger partial charge in [0.05, 0.1) is 18.8 Å². The Kier molecular flexibility index (Phi) is 7.31. The predicted molar refractivity (Wildman–Crippen MR) is 160 cm³/mol. The molecule has 0 radical (unpaired) electrons. The van der Waals surface area contributed by atoms with E-state index in [1.807, 2.05) is 50.6 Å². The minimum atomic E-state index is -0.821. The number of hydrogen-bond donors (Lipinski definition) is 0. The lowest BCUT2D eigenvalue weighted by Gasteiger charge is -2.69. The number of benzene rings is 1. The van der Waals surface area contributed by atoms with Crippen LogP contribution in [0.5, 0.6) is 0 Å². The fourth-order valence-corrected chi connectivity index (χ4v) is 12.1. The molecule has 6 fully saturated rings. The summed E-state index contributed by atoms with van der Waals surface area (Å²) in [6, 6.07) is 10.0. The molecule has 0 N–H and O–H groups in total. The van der Waals surface area contributed by atoms with Crippen LogP contribution in [0.25, 0.3) is 6.08 Å². The number of esters is 2. The van der Waals surface area contributed by atoms with Gasteiger partial charge in [-0.25, -0.2) is 4.79 Å².